The summed E-state index contributed by atoms with van der Waals surface area (Å²) in [5.74, 6) is 0. The van der Waals surface area contributed by atoms with Crippen LogP contribution in [-0.4, -0.2) is 30.8 Å². The molecule has 1 aromatic carbocycles. The van der Waals surface area contributed by atoms with Gasteiger partial charge in [0.2, 0.25) is 0 Å². The molecule has 4 heteroatoms. The first-order valence-corrected chi connectivity index (χ1v) is 8.38. The van der Waals surface area contributed by atoms with E-state index in [-0.39, 0.29) is 23.6 Å². The van der Waals surface area contributed by atoms with Crippen LogP contribution in [0.5, 0.6) is 0 Å². The highest BCUT2D eigenvalue weighted by atomic mass is 16.5. The van der Waals surface area contributed by atoms with Crippen LogP contribution in [0.1, 0.15) is 37.3 Å². The molecule has 3 aliphatic rings. The Labute approximate surface area is 131 Å². The molecule has 2 amide bonds. The van der Waals surface area contributed by atoms with Gasteiger partial charge in [0.05, 0.1) is 18.2 Å². The van der Waals surface area contributed by atoms with E-state index >= 15 is 0 Å². The summed E-state index contributed by atoms with van der Waals surface area (Å²) in [6, 6.07) is 8.76. The fourth-order valence-electron chi connectivity index (χ4n) is 4.31. The van der Waals surface area contributed by atoms with Crippen molar-refractivity contribution in [2.24, 2.45) is 5.41 Å². The molecule has 2 N–H and O–H groups in total. The second kappa shape index (κ2) is 5.27. The average Bonchev–Trinajstić information content (AvgIpc) is 3.18. The third-order valence-electron chi connectivity index (χ3n) is 5.45. The van der Waals surface area contributed by atoms with Crippen molar-refractivity contribution in [2.75, 3.05) is 6.54 Å². The highest BCUT2D eigenvalue weighted by molar-refractivity contribution is 5.74. The fourth-order valence-corrected chi connectivity index (χ4v) is 4.31. The van der Waals surface area contributed by atoms with Crippen LogP contribution < -0.4 is 10.6 Å². The third-order valence-corrected chi connectivity index (χ3v) is 5.45. The van der Waals surface area contributed by atoms with E-state index in [1.54, 1.807) is 0 Å². The van der Waals surface area contributed by atoms with Gasteiger partial charge in [-0.25, -0.2) is 4.79 Å². The zero-order valence-electron chi connectivity index (χ0n) is 13.1. The lowest BCUT2D eigenvalue weighted by molar-refractivity contribution is 0.0980. The van der Waals surface area contributed by atoms with Gasteiger partial charge in [0.1, 0.15) is 0 Å². The molecule has 3 atom stereocenters. The number of hydrogen-bond donors (Lipinski definition) is 2. The first-order chi connectivity index (χ1) is 10.6. The monoisotopic (exact) mass is 300 g/mol. The Bertz CT molecular complexity index is 561. The van der Waals surface area contributed by atoms with Gasteiger partial charge in [-0.3, -0.25) is 0 Å². The molecule has 3 unspecified atom stereocenters. The van der Waals surface area contributed by atoms with E-state index in [1.165, 1.54) is 11.1 Å². The summed E-state index contributed by atoms with van der Waals surface area (Å²) < 4.78 is 5.78. The Morgan fingerprint density at radius 1 is 1.27 bits per heavy atom. The zero-order valence-corrected chi connectivity index (χ0v) is 13.1. The smallest absolute Gasteiger partial charge is 0.315 e. The van der Waals surface area contributed by atoms with Gasteiger partial charge < -0.3 is 15.4 Å². The largest absolute Gasteiger partial charge is 0.373 e. The quantitative estimate of drug-likeness (QED) is 0.900. The molecule has 2 bridgehead atoms. The summed E-state index contributed by atoms with van der Waals surface area (Å²) >= 11 is 0. The van der Waals surface area contributed by atoms with Gasteiger partial charge in [0.15, 0.2) is 0 Å². The van der Waals surface area contributed by atoms with Crippen molar-refractivity contribution in [2.45, 2.75) is 57.3 Å². The average molecular weight is 300 g/mol. The van der Waals surface area contributed by atoms with Crippen molar-refractivity contribution in [3.63, 3.8) is 0 Å². The molecule has 1 aromatic rings. The van der Waals surface area contributed by atoms with Crippen LogP contribution >= 0.6 is 0 Å². The number of carbonyl (C=O) groups is 1. The van der Waals surface area contributed by atoms with Crippen molar-refractivity contribution < 1.29 is 9.53 Å². The molecule has 2 heterocycles. The number of urea groups is 1. The number of hydrogen-bond acceptors (Lipinski definition) is 2. The maximum absolute atomic E-state index is 12.2. The van der Waals surface area contributed by atoms with Crippen LogP contribution in [0.2, 0.25) is 0 Å². The number of carbonyl (C=O) groups excluding carboxylic acids is 1. The molecule has 1 aliphatic carbocycles. The van der Waals surface area contributed by atoms with E-state index in [1.807, 2.05) is 0 Å². The summed E-state index contributed by atoms with van der Waals surface area (Å²) in [7, 11) is 0. The van der Waals surface area contributed by atoms with Crippen LogP contribution in [0, 0.1) is 5.41 Å². The lowest BCUT2D eigenvalue weighted by atomic mass is 9.87. The maximum atomic E-state index is 12.2. The standard InChI is InChI=1S/C18H24N2O2/c1-18(9-12-4-2-3-5-13(12)10-18)11-19-17(21)20-15-8-14-6-7-16(15)22-14/h2-5,14-16H,6-11H2,1H3,(H2,19,20,21). The molecule has 0 aromatic heterocycles. The van der Waals surface area contributed by atoms with Gasteiger partial charge in [-0.15, -0.1) is 0 Å². The second-order valence-corrected chi connectivity index (χ2v) is 7.48. The van der Waals surface area contributed by atoms with E-state index in [4.69, 9.17) is 4.74 Å². The molecule has 2 fully saturated rings. The van der Waals surface area contributed by atoms with Gasteiger partial charge in [0, 0.05) is 6.54 Å². The topological polar surface area (TPSA) is 50.4 Å². The summed E-state index contributed by atoms with van der Waals surface area (Å²) in [5, 5.41) is 6.18. The van der Waals surface area contributed by atoms with Crippen molar-refractivity contribution >= 4 is 6.03 Å². The first-order valence-electron chi connectivity index (χ1n) is 8.38. The normalized spacial score (nSPS) is 31.0. The van der Waals surface area contributed by atoms with Crippen molar-refractivity contribution in [1.29, 1.82) is 0 Å². The number of benzene rings is 1. The van der Waals surface area contributed by atoms with E-state index < -0.39 is 0 Å². The van der Waals surface area contributed by atoms with Gasteiger partial charge in [0.25, 0.3) is 0 Å². The minimum Gasteiger partial charge on any atom is -0.373 e. The van der Waals surface area contributed by atoms with Gasteiger partial charge in [-0.1, -0.05) is 31.2 Å². The molecule has 4 nitrogen and oxygen atoms in total. The molecule has 4 rings (SSSR count). The lowest BCUT2D eigenvalue weighted by Crippen LogP contribution is -2.48. The number of nitrogens with one attached hydrogen (secondary N) is 2. The number of rotatable bonds is 3. The number of fused-ring (bicyclic) bond motifs is 3. The van der Waals surface area contributed by atoms with Crippen molar-refractivity contribution in [1.82, 2.24) is 10.6 Å². The Morgan fingerprint density at radius 3 is 2.59 bits per heavy atom. The summed E-state index contributed by atoms with van der Waals surface area (Å²) in [4.78, 5) is 12.2. The van der Waals surface area contributed by atoms with Gasteiger partial charge in [-0.2, -0.15) is 0 Å². The Morgan fingerprint density at radius 2 is 2.00 bits per heavy atom. The lowest BCUT2D eigenvalue weighted by Gasteiger charge is -2.26. The van der Waals surface area contributed by atoms with E-state index in [0.717, 1.165) is 38.6 Å². The summed E-state index contributed by atoms with van der Waals surface area (Å²) in [6.07, 6.45) is 5.91. The maximum Gasteiger partial charge on any atom is 0.315 e. The molecule has 0 saturated carbocycles. The Kier molecular flexibility index (Phi) is 3.37. The van der Waals surface area contributed by atoms with Gasteiger partial charge >= 0.3 is 6.03 Å². The van der Waals surface area contributed by atoms with Crippen molar-refractivity contribution in [3.05, 3.63) is 35.4 Å². The predicted octanol–water partition coefficient (Wildman–Crippen LogP) is 2.41. The molecular formula is C18H24N2O2. The minimum atomic E-state index is -0.0432. The highest BCUT2D eigenvalue weighted by Gasteiger charge is 2.41. The summed E-state index contributed by atoms with van der Waals surface area (Å²) in [5.41, 5.74) is 2.98. The highest BCUT2D eigenvalue weighted by Crippen LogP contribution is 2.36. The van der Waals surface area contributed by atoms with Crippen LogP contribution in [0.25, 0.3) is 0 Å². The molecule has 0 spiro atoms. The molecule has 2 aliphatic heterocycles. The van der Waals surface area contributed by atoms with Crippen molar-refractivity contribution in [3.8, 4) is 0 Å². The van der Waals surface area contributed by atoms with Gasteiger partial charge in [-0.05, 0) is 48.6 Å². The summed E-state index contributed by atoms with van der Waals surface area (Å²) in [6.45, 7) is 2.98. The van der Waals surface area contributed by atoms with Crippen LogP contribution in [0.3, 0.4) is 0 Å². The molecule has 22 heavy (non-hydrogen) atoms. The van der Waals surface area contributed by atoms with E-state index in [9.17, 15) is 4.79 Å². The number of amides is 2. The second-order valence-electron chi connectivity index (χ2n) is 7.48. The number of ether oxygens (including phenoxy) is 1. The predicted molar refractivity (Wildman–Crippen MR) is 84.8 cm³/mol. The molecule has 0 radical (unpaired) electrons. The first kappa shape index (κ1) is 14.1. The third kappa shape index (κ3) is 2.60. The van der Waals surface area contributed by atoms with E-state index in [2.05, 4.69) is 41.8 Å². The van der Waals surface area contributed by atoms with Crippen LogP contribution in [-0.2, 0) is 17.6 Å². The minimum absolute atomic E-state index is 0.0432. The van der Waals surface area contributed by atoms with Crippen LogP contribution in [0.4, 0.5) is 4.79 Å². The Balaban J connectivity index is 1.29. The molecule has 2 saturated heterocycles. The van der Waals surface area contributed by atoms with E-state index in [0.29, 0.717) is 6.10 Å². The molecule has 118 valence electrons. The van der Waals surface area contributed by atoms with Crippen LogP contribution in [0.15, 0.2) is 24.3 Å². The SMILES string of the molecule is CC1(CNC(=O)NC2CC3CCC2O3)Cc2ccccc2C1. The Hall–Kier alpha value is -1.55. The molecular weight excluding hydrogens is 276 g/mol. The fraction of sp³-hybridized carbons (Fsp3) is 0.611. The zero-order chi connectivity index (χ0) is 15.2.